The maximum absolute atomic E-state index is 12.2. The van der Waals surface area contributed by atoms with Crippen LogP contribution in [-0.2, 0) is 10.0 Å². The summed E-state index contributed by atoms with van der Waals surface area (Å²) < 4.78 is 28.7. The summed E-state index contributed by atoms with van der Waals surface area (Å²) in [6.07, 6.45) is 5.00. The second kappa shape index (κ2) is 7.04. The fraction of sp³-hybridized carbons (Fsp3) is 0.462. The Labute approximate surface area is 152 Å². The van der Waals surface area contributed by atoms with Crippen molar-refractivity contribution in [3.63, 3.8) is 0 Å². The predicted octanol–water partition coefficient (Wildman–Crippen LogP) is 0.874. The van der Waals surface area contributed by atoms with Crippen LogP contribution in [0.15, 0.2) is 28.4 Å². The van der Waals surface area contributed by atoms with Crippen LogP contribution in [0.2, 0.25) is 0 Å². The smallest absolute Gasteiger partial charge is 0.324 e. The highest BCUT2D eigenvalue weighted by atomic mass is 79.9. The first-order chi connectivity index (χ1) is 11.9. The van der Waals surface area contributed by atoms with Crippen LogP contribution in [0.5, 0.6) is 0 Å². The number of amides is 2. The SMILES string of the molecule is Cc1nc(Br)n(C2CCN(C(=O)NS(=O)(=O)c3cnccn3)CC2)n1. The van der Waals surface area contributed by atoms with Crippen molar-refractivity contribution in [2.24, 2.45) is 0 Å². The van der Waals surface area contributed by atoms with Crippen LogP contribution in [0.1, 0.15) is 24.7 Å². The number of nitrogens with one attached hydrogen (secondary N) is 1. The minimum absolute atomic E-state index is 0.108. The van der Waals surface area contributed by atoms with Crippen molar-refractivity contribution in [2.45, 2.75) is 30.8 Å². The van der Waals surface area contributed by atoms with Crippen LogP contribution in [-0.4, -0.2) is 57.2 Å². The zero-order valence-corrected chi connectivity index (χ0v) is 15.7. The van der Waals surface area contributed by atoms with Gasteiger partial charge < -0.3 is 4.90 Å². The first-order valence-corrected chi connectivity index (χ1v) is 9.81. The van der Waals surface area contributed by atoms with Gasteiger partial charge in [-0.2, -0.15) is 13.5 Å². The van der Waals surface area contributed by atoms with E-state index >= 15 is 0 Å². The van der Waals surface area contributed by atoms with Gasteiger partial charge in [0, 0.05) is 25.5 Å². The lowest BCUT2D eigenvalue weighted by Gasteiger charge is -2.31. The summed E-state index contributed by atoms with van der Waals surface area (Å²) in [5.41, 5.74) is 0. The zero-order chi connectivity index (χ0) is 18.0. The number of urea groups is 1. The molecule has 0 aromatic carbocycles. The van der Waals surface area contributed by atoms with Crippen LogP contribution < -0.4 is 4.72 Å². The molecule has 0 radical (unpaired) electrons. The lowest BCUT2D eigenvalue weighted by atomic mass is 10.1. The number of likely N-dealkylation sites (tertiary alicyclic amines) is 1. The van der Waals surface area contributed by atoms with Gasteiger partial charge in [-0.3, -0.25) is 4.98 Å². The molecule has 3 rings (SSSR count). The first kappa shape index (κ1) is 17.7. The van der Waals surface area contributed by atoms with Crippen LogP contribution in [0.3, 0.4) is 0 Å². The molecule has 1 fully saturated rings. The van der Waals surface area contributed by atoms with Crippen molar-refractivity contribution in [1.82, 2.24) is 34.4 Å². The Morgan fingerprint density at radius 3 is 2.60 bits per heavy atom. The van der Waals surface area contributed by atoms with E-state index in [4.69, 9.17) is 0 Å². The zero-order valence-electron chi connectivity index (χ0n) is 13.3. The third-order valence-corrected chi connectivity index (χ3v) is 5.58. The normalized spacial score (nSPS) is 16.0. The summed E-state index contributed by atoms with van der Waals surface area (Å²) in [5.74, 6) is 0.669. The molecule has 1 saturated heterocycles. The van der Waals surface area contributed by atoms with Gasteiger partial charge in [0.25, 0.3) is 10.0 Å². The highest BCUT2D eigenvalue weighted by Gasteiger charge is 2.28. The molecule has 0 spiro atoms. The van der Waals surface area contributed by atoms with Crippen LogP contribution in [0.25, 0.3) is 0 Å². The molecule has 25 heavy (non-hydrogen) atoms. The van der Waals surface area contributed by atoms with E-state index in [2.05, 4.69) is 36.0 Å². The Hall–Kier alpha value is -2.08. The Kier molecular flexibility index (Phi) is 4.99. The maximum Gasteiger partial charge on any atom is 0.331 e. The first-order valence-electron chi connectivity index (χ1n) is 7.53. The summed E-state index contributed by atoms with van der Waals surface area (Å²) in [4.78, 5) is 25.3. The van der Waals surface area contributed by atoms with Gasteiger partial charge in [-0.05, 0) is 35.7 Å². The lowest BCUT2D eigenvalue weighted by molar-refractivity contribution is 0.172. The molecule has 1 aliphatic heterocycles. The van der Waals surface area contributed by atoms with Gasteiger partial charge in [-0.15, -0.1) is 0 Å². The van der Waals surface area contributed by atoms with E-state index in [1.807, 2.05) is 4.72 Å². The number of carbonyl (C=O) groups is 1. The molecule has 0 aliphatic carbocycles. The van der Waals surface area contributed by atoms with Crippen LogP contribution >= 0.6 is 15.9 Å². The molecular formula is C13H16BrN7O3S. The third-order valence-electron chi connectivity index (χ3n) is 3.83. The van der Waals surface area contributed by atoms with Crippen molar-refractivity contribution in [3.05, 3.63) is 29.1 Å². The minimum Gasteiger partial charge on any atom is -0.324 e. The Morgan fingerprint density at radius 1 is 1.32 bits per heavy atom. The molecule has 12 heteroatoms. The highest BCUT2D eigenvalue weighted by Crippen LogP contribution is 2.25. The van der Waals surface area contributed by atoms with Gasteiger partial charge in [0.15, 0.2) is 9.76 Å². The molecule has 0 unspecified atom stereocenters. The number of hydrogen-bond donors (Lipinski definition) is 1. The molecular weight excluding hydrogens is 414 g/mol. The van der Waals surface area contributed by atoms with Gasteiger partial charge >= 0.3 is 6.03 Å². The molecule has 134 valence electrons. The van der Waals surface area contributed by atoms with E-state index < -0.39 is 16.1 Å². The number of rotatable bonds is 3. The quantitative estimate of drug-likeness (QED) is 0.767. The number of sulfonamides is 1. The highest BCUT2D eigenvalue weighted by molar-refractivity contribution is 9.10. The maximum atomic E-state index is 12.2. The largest absolute Gasteiger partial charge is 0.331 e. The Balaban J connectivity index is 1.61. The van der Waals surface area contributed by atoms with Crippen molar-refractivity contribution >= 4 is 32.0 Å². The molecule has 1 N–H and O–H groups in total. The molecule has 2 amide bonds. The van der Waals surface area contributed by atoms with Crippen molar-refractivity contribution < 1.29 is 13.2 Å². The van der Waals surface area contributed by atoms with Crippen molar-refractivity contribution in [2.75, 3.05) is 13.1 Å². The minimum atomic E-state index is -4.03. The number of aromatic nitrogens is 5. The number of carbonyl (C=O) groups excluding carboxylic acids is 1. The number of aryl methyl sites for hydroxylation is 1. The molecule has 10 nitrogen and oxygen atoms in total. The molecule has 0 atom stereocenters. The van der Waals surface area contributed by atoms with Gasteiger partial charge in [-0.25, -0.2) is 24.2 Å². The monoisotopic (exact) mass is 429 g/mol. The summed E-state index contributed by atoms with van der Waals surface area (Å²) >= 11 is 3.37. The molecule has 0 bridgehead atoms. The third kappa shape index (κ3) is 3.95. The average molecular weight is 430 g/mol. The number of nitrogens with zero attached hydrogens (tertiary/aromatic N) is 6. The Morgan fingerprint density at radius 2 is 2.04 bits per heavy atom. The predicted molar refractivity (Wildman–Crippen MR) is 90.1 cm³/mol. The van der Waals surface area contributed by atoms with E-state index in [1.54, 1.807) is 11.6 Å². The van der Waals surface area contributed by atoms with Crippen molar-refractivity contribution in [3.8, 4) is 0 Å². The summed E-state index contributed by atoms with van der Waals surface area (Å²) in [6, 6.07) is -0.561. The molecule has 2 aromatic heterocycles. The van der Waals surface area contributed by atoms with Gasteiger partial charge in [0.1, 0.15) is 5.82 Å². The van der Waals surface area contributed by atoms with E-state index in [0.717, 1.165) is 6.20 Å². The van der Waals surface area contributed by atoms with E-state index in [0.29, 0.717) is 36.5 Å². The molecule has 3 heterocycles. The number of piperidine rings is 1. The van der Waals surface area contributed by atoms with Crippen LogP contribution in [0, 0.1) is 6.92 Å². The average Bonchev–Trinajstić information content (AvgIpc) is 2.94. The summed E-state index contributed by atoms with van der Waals surface area (Å²) in [6.45, 7) is 2.64. The lowest BCUT2D eigenvalue weighted by Crippen LogP contribution is -2.46. The molecule has 0 saturated carbocycles. The second-order valence-corrected chi connectivity index (χ2v) is 7.88. The fourth-order valence-electron chi connectivity index (χ4n) is 2.61. The fourth-order valence-corrected chi connectivity index (χ4v) is 4.09. The number of hydrogen-bond acceptors (Lipinski definition) is 7. The molecule has 2 aromatic rings. The molecule has 1 aliphatic rings. The Bertz CT molecular complexity index is 863. The van der Waals surface area contributed by atoms with Crippen molar-refractivity contribution in [1.29, 1.82) is 0 Å². The second-order valence-electron chi connectivity index (χ2n) is 5.55. The summed E-state index contributed by atoms with van der Waals surface area (Å²) in [7, 11) is -4.03. The van der Waals surface area contributed by atoms with E-state index in [9.17, 15) is 13.2 Å². The van der Waals surface area contributed by atoms with E-state index in [-0.39, 0.29) is 11.1 Å². The van der Waals surface area contributed by atoms with Gasteiger partial charge in [-0.1, -0.05) is 0 Å². The van der Waals surface area contributed by atoms with Gasteiger partial charge in [0.05, 0.1) is 12.2 Å². The standard InChI is InChI=1S/C13H16BrN7O3S/c1-9-17-12(14)21(18-9)10-2-6-20(7-3-10)13(22)19-25(23,24)11-8-15-4-5-16-11/h4-5,8,10H,2-3,6-7H2,1H3,(H,19,22). The summed E-state index contributed by atoms with van der Waals surface area (Å²) in [5, 5.41) is 4.04. The van der Waals surface area contributed by atoms with Crippen LogP contribution in [0.4, 0.5) is 4.79 Å². The topological polar surface area (TPSA) is 123 Å². The number of halogens is 1. The van der Waals surface area contributed by atoms with E-state index in [1.165, 1.54) is 17.3 Å². The van der Waals surface area contributed by atoms with Gasteiger partial charge in [0.2, 0.25) is 0 Å².